The molecule has 156 valence electrons. The molecule has 0 aliphatic carbocycles. The van der Waals surface area contributed by atoms with Crippen molar-refractivity contribution in [3.63, 3.8) is 0 Å². The number of ether oxygens (including phenoxy) is 2. The molecule has 1 aromatic rings. The minimum atomic E-state index is -3.79. The van der Waals surface area contributed by atoms with Gasteiger partial charge in [-0.05, 0) is 45.4 Å². The van der Waals surface area contributed by atoms with Crippen LogP contribution in [0.2, 0.25) is 0 Å². The third kappa shape index (κ3) is 7.10. The molecule has 2 rings (SSSR count). The molecule has 1 aliphatic rings. The fourth-order valence-electron chi connectivity index (χ4n) is 2.47. The van der Waals surface area contributed by atoms with E-state index in [-0.39, 0.29) is 29.8 Å². The highest BCUT2D eigenvalue weighted by Crippen LogP contribution is 2.18. The maximum atomic E-state index is 12.4. The Kier molecular flexibility index (Phi) is 7.39. The molecular formula is C18H27N3O6S. The molecule has 0 aromatic heterocycles. The third-order valence-electron chi connectivity index (χ3n) is 3.80. The molecule has 0 spiro atoms. The van der Waals surface area contributed by atoms with E-state index in [1.807, 2.05) is 0 Å². The molecule has 1 heterocycles. The van der Waals surface area contributed by atoms with E-state index < -0.39 is 21.7 Å². The van der Waals surface area contributed by atoms with Crippen molar-refractivity contribution in [1.29, 1.82) is 0 Å². The van der Waals surface area contributed by atoms with Crippen LogP contribution >= 0.6 is 0 Å². The van der Waals surface area contributed by atoms with Crippen molar-refractivity contribution in [2.24, 2.45) is 5.92 Å². The van der Waals surface area contributed by atoms with Crippen molar-refractivity contribution < 1.29 is 27.5 Å². The maximum absolute atomic E-state index is 12.4. The standard InChI is InChI=1S/C18H27N3O6S/c1-18(2,3)27-17(23)19-8-9-20-28(24,25)15-6-4-5-14(11-15)21-16(22)13-7-10-26-12-13/h4-6,11,13,20H,7-10,12H2,1-3H3,(H,19,23)(H,21,22). The Morgan fingerprint density at radius 3 is 2.64 bits per heavy atom. The largest absolute Gasteiger partial charge is 0.444 e. The Balaban J connectivity index is 1.87. The van der Waals surface area contributed by atoms with Gasteiger partial charge in [0, 0.05) is 25.4 Å². The van der Waals surface area contributed by atoms with Crippen LogP contribution < -0.4 is 15.4 Å². The molecule has 0 saturated carbocycles. The van der Waals surface area contributed by atoms with E-state index >= 15 is 0 Å². The molecule has 9 nitrogen and oxygen atoms in total. The summed E-state index contributed by atoms with van der Waals surface area (Å²) in [5.74, 6) is -0.418. The first-order chi connectivity index (χ1) is 13.1. The van der Waals surface area contributed by atoms with Crippen LogP contribution in [0.15, 0.2) is 29.2 Å². The quantitative estimate of drug-likeness (QED) is 0.582. The van der Waals surface area contributed by atoms with Gasteiger partial charge >= 0.3 is 6.09 Å². The average molecular weight is 413 g/mol. The number of rotatable bonds is 7. The first-order valence-electron chi connectivity index (χ1n) is 9.02. The van der Waals surface area contributed by atoms with Gasteiger partial charge in [-0.3, -0.25) is 4.79 Å². The summed E-state index contributed by atoms with van der Waals surface area (Å²) in [6.45, 7) is 6.20. The highest BCUT2D eigenvalue weighted by atomic mass is 32.2. The summed E-state index contributed by atoms with van der Waals surface area (Å²) in [6.07, 6.45) is 0.0306. The second-order valence-electron chi connectivity index (χ2n) is 7.40. The van der Waals surface area contributed by atoms with Crippen LogP contribution in [0.25, 0.3) is 0 Å². The third-order valence-corrected chi connectivity index (χ3v) is 5.26. The Labute approximate surface area is 165 Å². The topological polar surface area (TPSA) is 123 Å². The van der Waals surface area contributed by atoms with Crippen LogP contribution in [-0.4, -0.2) is 52.3 Å². The van der Waals surface area contributed by atoms with Gasteiger partial charge in [0.25, 0.3) is 0 Å². The lowest BCUT2D eigenvalue weighted by Gasteiger charge is -2.19. The van der Waals surface area contributed by atoms with Crippen molar-refractivity contribution in [3.8, 4) is 0 Å². The van der Waals surface area contributed by atoms with Gasteiger partial charge in [0.15, 0.2) is 0 Å². The van der Waals surface area contributed by atoms with Crippen LogP contribution in [0.4, 0.5) is 10.5 Å². The van der Waals surface area contributed by atoms with E-state index in [0.717, 1.165) is 0 Å². The van der Waals surface area contributed by atoms with Gasteiger partial charge in [-0.15, -0.1) is 0 Å². The van der Waals surface area contributed by atoms with Crippen molar-refractivity contribution >= 4 is 27.7 Å². The number of carbonyl (C=O) groups is 2. The zero-order valence-electron chi connectivity index (χ0n) is 16.3. The van der Waals surface area contributed by atoms with E-state index in [9.17, 15) is 18.0 Å². The van der Waals surface area contributed by atoms with E-state index in [2.05, 4.69) is 15.4 Å². The summed E-state index contributed by atoms with van der Waals surface area (Å²) >= 11 is 0. The van der Waals surface area contributed by atoms with Crippen molar-refractivity contribution in [3.05, 3.63) is 24.3 Å². The number of carbonyl (C=O) groups excluding carboxylic acids is 2. The number of hydrogen-bond acceptors (Lipinski definition) is 6. The van der Waals surface area contributed by atoms with E-state index in [4.69, 9.17) is 9.47 Å². The minimum Gasteiger partial charge on any atom is -0.444 e. The first-order valence-corrected chi connectivity index (χ1v) is 10.5. The molecule has 2 amide bonds. The van der Waals surface area contributed by atoms with Gasteiger partial charge in [0.05, 0.1) is 17.4 Å². The summed E-state index contributed by atoms with van der Waals surface area (Å²) in [5.41, 5.74) is -0.231. The number of nitrogens with one attached hydrogen (secondary N) is 3. The summed E-state index contributed by atoms with van der Waals surface area (Å²) in [7, 11) is -3.79. The molecule has 28 heavy (non-hydrogen) atoms. The van der Waals surface area contributed by atoms with Crippen LogP contribution in [-0.2, 0) is 24.3 Å². The summed E-state index contributed by atoms with van der Waals surface area (Å²) < 4.78 is 37.5. The molecule has 10 heteroatoms. The van der Waals surface area contributed by atoms with Crippen LogP contribution in [0.1, 0.15) is 27.2 Å². The number of amides is 2. The molecule has 1 unspecified atom stereocenters. The zero-order valence-corrected chi connectivity index (χ0v) is 17.1. The van der Waals surface area contributed by atoms with E-state index in [1.54, 1.807) is 32.9 Å². The van der Waals surface area contributed by atoms with Gasteiger partial charge in [0.2, 0.25) is 15.9 Å². The molecule has 1 aromatic carbocycles. The number of hydrogen-bond donors (Lipinski definition) is 3. The predicted octanol–water partition coefficient (Wildman–Crippen LogP) is 1.46. The lowest BCUT2D eigenvalue weighted by atomic mass is 10.1. The number of sulfonamides is 1. The summed E-state index contributed by atoms with van der Waals surface area (Å²) in [5, 5.41) is 5.19. The number of benzene rings is 1. The Bertz CT molecular complexity index is 798. The summed E-state index contributed by atoms with van der Waals surface area (Å²) in [4.78, 5) is 23.7. The highest BCUT2D eigenvalue weighted by molar-refractivity contribution is 7.89. The van der Waals surface area contributed by atoms with Gasteiger partial charge < -0.3 is 20.1 Å². The average Bonchev–Trinajstić information content (AvgIpc) is 3.12. The molecule has 1 saturated heterocycles. The van der Waals surface area contributed by atoms with E-state index in [0.29, 0.717) is 25.3 Å². The zero-order chi connectivity index (χ0) is 20.8. The normalized spacial score (nSPS) is 17.2. The lowest BCUT2D eigenvalue weighted by Crippen LogP contribution is -2.37. The van der Waals surface area contributed by atoms with Crippen molar-refractivity contribution in [2.45, 2.75) is 37.7 Å². The second-order valence-corrected chi connectivity index (χ2v) is 9.17. The first kappa shape index (κ1) is 22.1. The number of anilines is 1. The van der Waals surface area contributed by atoms with Crippen LogP contribution in [0, 0.1) is 5.92 Å². The molecule has 1 atom stereocenters. The Hall–Kier alpha value is -2.17. The lowest BCUT2D eigenvalue weighted by molar-refractivity contribution is -0.119. The van der Waals surface area contributed by atoms with Gasteiger partial charge in [0.1, 0.15) is 5.60 Å². The van der Waals surface area contributed by atoms with Crippen LogP contribution in [0.5, 0.6) is 0 Å². The van der Waals surface area contributed by atoms with Gasteiger partial charge in [-0.25, -0.2) is 17.9 Å². The van der Waals surface area contributed by atoms with Gasteiger partial charge in [-0.2, -0.15) is 0 Å². The smallest absolute Gasteiger partial charge is 0.407 e. The molecule has 3 N–H and O–H groups in total. The maximum Gasteiger partial charge on any atom is 0.407 e. The highest BCUT2D eigenvalue weighted by Gasteiger charge is 2.24. The molecular weight excluding hydrogens is 386 g/mol. The van der Waals surface area contributed by atoms with Crippen molar-refractivity contribution in [2.75, 3.05) is 31.6 Å². The van der Waals surface area contributed by atoms with E-state index in [1.165, 1.54) is 12.1 Å². The van der Waals surface area contributed by atoms with Crippen LogP contribution in [0.3, 0.4) is 0 Å². The molecule has 1 aliphatic heterocycles. The Morgan fingerprint density at radius 2 is 2.00 bits per heavy atom. The molecule has 1 fully saturated rings. The fourth-order valence-corrected chi connectivity index (χ4v) is 3.55. The summed E-state index contributed by atoms with van der Waals surface area (Å²) in [6, 6.07) is 5.99. The molecule has 0 radical (unpaired) electrons. The minimum absolute atomic E-state index is 0.00240. The predicted molar refractivity (Wildman–Crippen MR) is 103 cm³/mol. The SMILES string of the molecule is CC(C)(C)OC(=O)NCCNS(=O)(=O)c1cccc(NC(=O)C2CCOC2)c1. The number of alkyl carbamates (subject to hydrolysis) is 1. The monoisotopic (exact) mass is 413 g/mol. The second kappa shape index (κ2) is 9.35. The van der Waals surface area contributed by atoms with Crippen molar-refractivity contribution in [1.82, 2.24) is 10.0 Å². The Morgan fingerprint density at radius 1 is 1.25 bits per heavy atom. The van der Waals surface area contributed by atoms with Gasteiger partial charge in [-0.1, -0.05) is 6.07 Å². The molecule has 0 bridgehead atoms. The fraction of sp³-hybridized carbons (Fsp3) is 0.556.